The van der Waals surface area contributed by atoms with Crippen molar-refractivity contribution in [2.45, 2.75) is 13.0 Å². The van der Waals surface area contributed by atoms with Crippen molar-refractivity contribution in [1.29, 1.82) is 0 Å². The zero-order valence-corrected chi connectivity index (χ0v) is 10.3. The lowest BCUT2D eigenvalue weighted by atomic mass is 10.2. The number of halogens is 2. The third-order valence-corrected chi connectivity index (χ3v) is 2.35. The molecular weight excluding hydrogens is 226 g/mol. The minimum absolute atomic E-state index is 0.0749. The van der Waals surface area contributed by atoms with E-state index in [4.69, 9.17) is 0 Å². The highest BCUT2D eigenvalue weighted by molar-refractivity contribution is 5.46. The van der Waals surface area contributed by atoms with Crippen molar-refractivity contribution in [3.63, 3.8) is 0 Å². The molecule has 0 fully saturated rings. The second-order valence-electron chi connectivity index (χ2n) is 4.38. The Morgan fingerprint density at radius 3 is 2.53 bits per heavy atom. The van der Waals surface area contributed by atoms with Crippen LogP contribution in [0.25, 0.3) is 0 Å². The van der Waals surface area contributed by atoms with Gasteiger partial charge in [0.1, 0.15) is 11.6 Å². The molecule has 0 saturated carbocycles. The Kier molecular flexibility index (Phi) is 4.84. The fourth-order valence-electron chi connectivity index (χ4n) is 1.50. The molecule has 0 heterocycles. The predicted molar refractivity (Wildman–Crippen MR) is 64.1 cm³/mol. The number of hydrogen-bond acceptors (Lipinski definition) is 3. The Hall–Kier alpha value is -1.20. The van der Waals surface area contributed by atoms with Gasteiger partial charge < -0.3 is 15.3 Å². The number of anilines is 1. The summed E-state index contributed by atoms with van der Waals surface area (Å²) in [6.07, 6.45) is -0.631. The predicted octanol–water partition coefficient (Wildman–Crippen LogP) is 1.61. The number of benzene rings is 1. The van der Waals surface area contributed by atoms with E-state index >= 15 is 0 Å². The van der Waals surface area contributed by atoms with Crippen LogP contribution in [0.5, 0.6) is 0 Å². The molecule has 96 valence electrons. The van der Waals surface area contributed by atoms with Gasteiger partial charge in [0.05, 0.1) is 11.8 Å². The molecule has 0 aliphatic carbocycles. The largest absolute Gasteiger partial charge is 0.390 e. The third-order valence-electron chi connectivity index (χ3n) is 2.35. The topological polar surface area (TPSA) is 35.5 Å². The maximum Gasteiger partial charge on any atom is 0.146 e. The summed E-state index contributed by atoms with van der Waals surface area (Å²) in [5, 5.41) is 12.3. The van der Waals surface area contributed by atoms with Crippen LogP contribution in [0, 0.1) is 18.6 Å². The summed E-state index contributed by atoms with van der Waals surface area (Å²) in [6, 6.07) is 2.24. The smallest absolute Gasteiger partial charge is 0.146 e. The molecular formula is C12H18F2N2O. The van der Waals surface area contributed by atoms with Gasteiger partial charge in [0, 0.05) is 19.2 Å². The first-order chi connectivity index (χ1) is 7.90. The first-order valence-electron chi connectivity index (χ1n) is 5.42. The fourth-order valence-corrected chi connectivity index (χ4v) is 1.50. The van der Waals surface area contributed by atoms with E-state index in [1.165, 1.54) is 6.92 Å². The van der Waals surface area contributed by atoms with Gasteiger partial charge in [-0.05, 0) is 32.6 Å². The van der Waals surface area contributed by atoms with Crippen molar-refractivity contribution in [2.24, 2.45) is 0 Å². The molecule has 0 bridgehead atoms. The van der Waals surface area contributed by atoms with E-state index in [1.54, 1.807) is 0 Å². The number of likely N-dealkylation sites (N-methyl/N-ethyl adjacent to an activating group) is 1. The molecule has 5 heteroatoms. The maximum absolute atomic E-state index is 13.4. The van der Waals surface area contributed by atoms with E-state index < -0.39 is 17.7 Å². The zero-order valence-electron chi connectivity index (χ0n) is 10.3. The summed E-state index contributed by atoms with van der Waals surface area (Å²) in [5.41, 5.74) is 0.341. The highest BCUT2D eigenvalue weighted by atomic mass is 19.1. The van der Waals surface area contributed by atoms with Crippen LogP contribution in [0.3, 0.4) is 0 Å². The van der Waals surface area contributed by atoms with Gasteiger partial charge in [0.15, 0.2) is 0 Å². The number of rotatable bonds is 5. The Morgan fingerprint density at radius 2 is 1.94 bits per heavy atom. The van der Waals surface area contributed by atoms with Crippen LogP contribution in [-0.4, -0.2) is 43.3 Å². The molecule has 0 aromatic heterocycles. The highest BCUT2D eigenvalue weighted by Crippen LogP contribution is 2.18. The first-order valence-corrected chi connectivity index (χ1v) is 5.42. The van der Waals surface area contributed by atoms with Crippen molar-refractivity contribution in [1.82, 2.24) is 4.90 Å². The molecule has 0 aliphatic heterocycles. The summed E-state index contributed by atoms with van der Waals surface area (Å²) in [7, 11) is 3.66. The number of aliphatic hydroxyl groups is 1. The number of nitrogens with one attached hydrogen (secondary N) is 1. The van der Waals surface area contributed by atoms with Gasteiger partial charge in [-0.3, -0.25) is 0 Å². The summed E-state index contributed by atoms with van der Waals surface area (Å²) in [6.45, 7) is 2.14. The van der Waals surface area contributed by atoms with Crippen molar-refractivity contribution >= 4 is 5.69 Å². The summed E-state index contributed by atoms with van der Waals surface area (Å²) in [4.78, 5) is 1.82. The van der Waals surface area contributed by atoms with Crippen molar-refractivity contribution in [3.05, 3.63) is 29.3 Å². The molecule has 0 amide bonds. The van der Waals surface area contributed by atoms with E-state index in [0.29, 0.717) is 6.54 Å². The molecule has 0 spiro atoms. The molecule has 1 rings (SSSR count). The average Bonchev–Trinajstić information content (AvgIpc) is 2.20. The number of aliphatic hydroxyl groups excluding tert-OH is 1. The molecule has 0 saturated heterocycles. The highest BCUT2D eigenvalue weighted by Gasteiger charge is 2.09. The average molecular weight is 244 g/mol. The minimum atomic E-state index is -0.631. The lowest BCUT2D eigenvalue weighted by Gasteiger charge is -2.17. The number of hydrogen-bond donors (Lipinski definition) is 2. The molecule has 17 heavy (non-hydrogen) atoms. The maximum atomic E-state index is 13.4. The van der Waals surface area contributed by atoms with Gasteiger partial charge in [0.2, 0.25) is 0 Å². The molecule has 3 nitrogen and oxygen atoms in total. The molecule has 2 N–H and O–H groups in total. The monoisotopic (exact) mass is 244 g/mol. The number of aryl methyl sites for hydroxylation is 1. The normalized spacial score (nSPS) is 12.9. The SMILES string of the molecule is Cc1cc(F)c(NCC(O)CN(C)C)cc1F. The third kappa shape index (κ3) is 4.28. The Morgan fingerprint density at radius 1 is 1.29 bits per heavy atom. The van der Waals surface area contributed by atoms with Crippen LogP contribution < -0.4 is 5.32 Å². The van der Waals surface area contributed by atoms with Gasteiger partial charge >= 0.3 is 0 Å². The summed E-state index contributed by atoms with van der Waals surface area (Å²) in [5.74, 6) is -0.975. The van der Waals surface area contributed by atoms with E-state index in [-0.39, 0.29) is 17.8 Å². The lowest BCUT2D eigenvalue weighted by molar-refractivity contribution is 0.148. The quantitative estimate of drug-likeness (QED) is 0.826. The van der Waals surface area contributed by atoms with Gasteiger partial charge in [0.25, 0.3) is 0 Å². The fraction of sp³-hybridized carbons (Fsp3) is 0.500. The van der Waals surface area contributed by atoms with Gasteiger partial charge in [-0.2, -0.15) is 0 Å². The zero-order chi connectivity index (χ0) is 13.0. The van der Waals surface area contributed by atoms with Crippen LogP contribution in [0.15, 0.2) is 12.1 Å². The molecule has 1 unspecified atom stereocenters. The van der Waals surface area contributed by atoms with E-state index in [2.05, 4.69) is 5.32 Å². The van der Waals surface area contributed by atoms with Gasteiger partial charge in [-0.1, -0.05) is 0 Å². The standard InChI is InChI=1S/C12H18F2N2O/c1-8-4-11(14)12(5-10(8)13)15-6-9(17)7-16(2)3/h4-5,9,15,17H,6-7H2,1-3H3. The summed E-state index contributed by atoms with van der Waals surface area (Å²) >= 11 is 0. The van der Waals surface area contributed by atoms with Gasteiger partial charge in [-0.25, -0.2) is 8.78 Å². The van der Waals surface area contributed by atoms with E-state index in [1.807, 2.05) is 19.0 Å². The van der Waals surface area contributed by atoms with Gasteiger partial charge in [-0.15, -0.1) is 0 Å². The van der Waals surface area contributed by atoms with Crippen LogP contribution in [0.1, 0.15) is 5.56 Å². The Balaban J connectivity index is 2.60. The van der Waals surface area contributed by atoms with Crippen LogP contribution in [0.2, 0.25) is 0 Å². The Labute approximate surface area is 100 Å². The van der Waals surface area contributed by atoms with E-state index in [9.17, 15) is 13.9 Å². The molecule has 0 radical (unpaired) electrons. The van der Waals surface area contributed by atoms with Crippen LogP contribution in [0.4, 0.5) is 14.5 Å². The lowest BCUT2D eigenvalue weighted by Crippen LogP contribution is -2.31. The van der Waals surface area contributed by atoms with Crippen molar-refractivity contribution in [2.75, 3.05) is 32.5 Å². The van der Waals surface area contributed by atoms with Crippen molar-refractivity contribution < 1.29 is 13.9 Å². The first kappa shape index (κ1) is 13.9. The Bertz CT molecular complexity index is 383. The van der Waals surface area contributed by atoms with Crippen LogP contribution in [-0.2, 0) is 0 Å². The van der Waals surface area contributed by atoms with Crippen LogP contribution >= 0.6 is 0 Å². The second kappa shape index (κ2) is 5.93. The van der Waals surface area contributed by atoms with Crippen molar-refractivity contribution in [3.8, 4) is 0 Å². The van der Waals surface area contributed by atoms with E-state index in [0.717, 1.165) is 12.1 Å². The molecule has 0 aliphatic rings. The summed E-state index contributed by atoms with van der Waals surface area (Å²) < 4.78 is 26.6. The molecule has 1 atom stereocenters. The number of nitrogens with zero attached hydrogens (tertiary/aromatic N) is 1. The molecule has 1 aromatic carbocycles. The molecule has 1 aromatic rings. The minimum Gasteiger partial charge on any atom is -0.390 e. The second-order valence-corrected chi connectivity index (χ2v) is 4.38.